The highest BCUT2D eigenvalue weighted by molar-refractivity contribution is 7.89. The van der Waals surface area contributed by atoms with Crippen LogP contribution < -0.4 is 10.5 Å². The Morgan fingerprint density at radius 1 is 1.60 bits per heavy atom. The van der Waals surface area contributed by atoms with Gasteiger partial charge in [0.15, 0.2) is 0 Å². The Balaban J connectivity index is 3.02. The third-order valence-electron chi connectivity index (χ3n) is 2.07. The van der Waals surface area contributed by atoms with Gasteiger partial charge in [0.05, 0.1) is 5.69 Å². The molecule has 0 saturated carbocycles. The minimum Gasteiger partial charge on any atom is -0.398 e. The van der Waals surface area contributed by atoms with Crippen LogP contribution in [0, 0.1) is 0 Å². The fourth-order valence-corrected chi connectivity index (χ4v) is 2.43. The number of nitrogen functional groups attached to an aromatic ring is 1. The van der Waals surface area contributed by atoms with Gasteiger partial charge in [0, 0.05) is 18.4 Å². The number of aromatic nitrogens is 1. The van der Waals surface area contributed by atoms with Crippen LogP contribution in [0.2, 0.25) is 0 Å². The van der Waals surface area contributed by atoms with Crippen molar-refractivity contribution in [3.05, 3.63) is 18.5 Å². The van der Waals surface area contributed by atoms with Crippen molar-refractivity contribution in [3.8, 4) is 0 Å². The van der Waals surface area contributed by atoms with Crippen molar-refractivity contribution in [2.45, 2.75) is 31.2 Å². The molecule has 84 valence electrons. The van der Waals surface area contributed by atoms with Crippen molar-refractivity contribution < 1.29 is 8.42 Å². The van der Waals surface area contributed by atoms with Gasteiger partial charge in [0.2, 0.25) is 10.0 Å². The summed E-state index contributed by atoms with van der Waals surface area (Å²) in [4.78, 5) is 3.78. The summed E-state index contributed by atoms with van der Waals surface area (Å²) in [5, 5.41) is 0. The average Bonchev–Trinajstić information content (AvgIpc) is 2.17. The molecule has 5 nitrogen and oxygen atoms in total. The Kier molecular flexibility index (Phi) is 3.65. The lowest BCUT2D eigenvalue weighted by molar-refractivity contribution is 0.556. The van der Waals surface area contributed by atoms with E-state index < -0.39 is 10.0 Å². The summed E-state index contributed by atoms with van der Waals surface area (Å²) in [7, 11) is -3.54. The SMILES string of the molecule is CCC(C)NS(=O)(=O)c1cnccc1N. The standard InChI is InChI=1S/C9H15N3O2S/c1-3-7(2)12-15(13,14)9-6-11-5-4-8(9)10/h4-7,12H,3H2,1-2H3,(H2,10,11). The van der Waals surface area contributed by atoms with E-state index in [-0.39, 0.29) is 16.6 Å². The lowest BCUT2D eigenvalue weighted by atomic mass is 10.3. The summed E-state index contributed by atoms with van der Waals surface area (Å²) in [6, 6.07) is 1.35. The van der Waals surface area contributed by atoms with Crippen molar-refractivity contribution in [1.29, 1.82) is 0 Å². The number of sulfonamides is 1. The highest BCUT2D eigenvalue weighted by Crippen LogP contribution is 2.15. The molecule has 0 fully saturated rings. The van der Waals surface area contributed by atoms with Crippen LogP contribution in [0.25, 0.3) is 0 Å². The van der Waals surface area contributed by atoms with Crippen LogP contribution in [0.4, 0.5) is 5.69 Å². The van der Waals surface area contributed by atoms with Crippen molar-refractivity contribution in [2.24, 2.45) is 0 Å². The molecule has 0 spiro atoms. The molecule has 1 unspecified atom stereocenters. The Labute approximate surface area is 89.8 Å². The predicted octanol–water partition coefficient (Wildman–Crippen LogP) is 0.741. The summed E-state index contributed by atoms with van der Waals surface area (Å²) in [6.45, 7) is 3.70. The topological polar surface area (TPSA) is 85.1 Å². The largest absolute Gasteiger partial charge is 0.398 e. The Morgan fingerprint density at radius 3 is 2.80 bits per heavy atom. The Morgan fingerprint density at radius 2 is 2.27 bits per heavy atom. The smallest absolute Gasteiger partial charge is 0.244 e. The van der Waals surface area contributed by atoms with E-state index in [2.05, 4.69) is 9.71 Å². The fraction of sp³-hybridized carbons (Fsp3) is 0.444. The molecule has 1 heterocycles. The molecule has 1 atom stereocenters. The second kappa shape index (κ2) is 4.59. The van der Waals surface area contributed by atoms with Gasteiger partial charge < -0.3 is 5.73 Å². The minimum atomic E-state index is -3.54. The number of nitrogens with zero attached hydrogens (tertiary/aromatic N) is 1. The van der Waals surface area contributed by atoms with Crippen molar-refractivity contribution >= 4 is 15.7 Å². The number of nitrogens with two attached hydrogens (primary N) is 1. The minimum absolute atomic E-state index is 0.0327. The molecule has 0 aliphatic carbocycles. The van der Waals surface area contributed by atoms with Crippen LogP contribution in [0.15, 0.2) is 23.4 Å². The van der Waals surface area contributed by atoms with E-state index in [0.717, 1.165) is 6.42 Å². The molecular formula is C9H15N3O2S. The van der Waals surface area contributed by atoms with Crippen LogP contribution in [-0.4, -0.2) is 19.4 Å². The first-order valence-electron chi connectivity index (χ1n) is 4.69. The van der Waals surface area contributed by atoms with Crippen LogP contribution in [0.3, 0.4) is 0 Å². The van der Waals surface area contributed by atoms with Gasteiger partial charge in [0.25, 0.3) is 0 Å². The van der Waals surface area contributed by atoms with Crippen LogP contribution in [0.1, 0.15) is 20.3 Å². The molecular weight excluding hydrogens is 214 g/mol. The zero-order valence-corrected chi connectivity index (χ0v) is 9.58. The van der Waals surface area contributed by atoms with E-state index in [9.17, 15) is 8.42 Å². The van der Waals surface area contributed by atoms with E-state index >= 15 is 0 Å². The van der Waals surface area contributed by atoms with Gasteiger partial charge in [0.1, 0.15) is 4.90 Å². The van der Waals surface area contributed by atoms with Gasteiger partial charge in [-0.05, 0) is 19.4 Å². The highest BCUT2D eigenvalue weighted by Gasteiger charge is 2.19. The number of hydrogen-bond donors (Lipinski definition) is 2. The quantitative estimate of drug-likeness (QED) is 0.797. The second-order valence-electron chi connectivity index (χ2n) is 3.34. The summed E-state index contributed by atoms with van der Waals surface area (Å²) >= 11 is 0. The summed E-state index contributed by atoms with van der Waals surface area (Å²) < 4.78 is 26.1. The first-order valence-corrected chi connectivity index (χ1v) is 6.17. The summed E-state index contributed by atoms with van der Waals surface area (Å²) in [6.07, 6.45) is 3.43. The molecule has 6 heteroatoms. The van der Waals surface area contributed by atoms with Gasteiger partial charge in [-0.2, -0.15) is 0 Å². The average molecular weight is 229 g/mol. The number of nitrogens with one attached hydrogen (secondary N) is 1. The molecule has 0 saturated heterocycles. The molecule has 0 aliphatic rings. The van der Waals surface area contributed by atoms with E-state index in [1.54, 1.807) is 6.92 Å². The lowest BCUT2D eigenvalue weighted by Crippen LogP contribution is -2.32. The third-order valence-corrected chi connectivity index (χ3v) is 3.71. The molecule has 3 N–H and O–H groups in total. The molecule has 1 rings (SSSR count). The van der Waals surface area contributed by atoms with Crippen LogP contribution in [0.5, 0.6) is 0 Å². The molecule has 0 amide bonds. The molecule has 0 aromatic carbocycles. The number of hydrogen-bond acceptors (Lipinski definition) is 4. The van der Waals surface area contributed by atoms with Gasteiger partial charge in [-0.25, -0.2) is 13.1 Å². The zero-order chi connectivity index (χ0) is 11.5. The molecule has 1 aromatic rings. The van der Waals surface area contributed by atoms with E-state index in [1.807, 2.05) is 6.92 Å². The van der Waals surface area contributed by atoms with Gasteiger partial charge in [-0.3, -0.25) is 4.98 Å². The first kappa shape index (κ1) is 11.9. The summed E-state index contributed by atoms with van der Waals surface area (Å²) in [5.41, 5.74) is 5.77. The predicted molar refractivity (Wildman–Crippen MR) is 58.7 cm³/mol. The maximum atomic E-state index is 11.8. The molecule has 0 aliphatic heterocycles. The van der Waals surface area contributed by atoms with E-state index in [1.165, 1.54) is 18.5 Å². The number of rotatable bonds is 4. The van der Waals surface area contributed by atoms with Crippen molar-refractivity contribution in [2.75, 3.05) is 5.73 Å². The third kappa shape index (κ3) is 2.90. The lowest BCUT2D eigenvalue weighted by Gasteiger charge is -2.12. The molecule has 1 aromatic heterocycles. The highest BCUT2D eigenvalue weighted by atomic mass is 32.2. The summed E-state index contributed by atoms with van der Waals surface area (Å²) in [5.74, 6) is 0. The fourth-order valence-electron chi connectivity index (χ4n) is 1.03. The van der Waals surface area contributed by atoms with Crippen molar-refractivity contribution in [1.82, 2.24) is 9.71 Å². The number of anilines is 1. The van der Waals surface area contributed by atoms with Gasteiger partial charge >= 0.3 is 0 Å². The van der Waals surface area contributed by atoms with Gasteiger partial charge in [-0.1, -0.05) is 6.92 Å². The maximum absolute atomic E-state index is 11.8. The normalized spacial score (nSPS) is 13.7. The molecule has 0 bridgehead atoms. The Hall–Kier alpha value is -1.14. The van der Waals surface area contributed by atoms with Gasteiger partial charge in [-0.15, -0.1) is 0 Å². The van der Waals surface area contributed by atoms with E-state index in [4.69, 9.17) is 5.73 Å². The Bertz CT molecular complexity index is 431. The number of pyridine rings is 1. The maximum Gasteiger partial charge on any atom is 0.244 e. The van der Waals surface area contributed by atoms with Crippen LogP contribution >= 0.6 is 0 Å². The molecule has 15 heavy (non-hydrogen) atoms. The first-order chi connectivity index (χ1) is 6.97. The van der Waals surface area contributed by atoms with Crippen molar-refractivity contribution in [3.63, 3.8) is 0 Å². The van der Waals surface area contributed by atoms with E-state index in [0.29, 0.717) is 0 Å². The molecule has 0 radical (unpaired) electrons. The zero-order valence-electron chi connectivity index (χ0n) is 8.77. The van der Waals surface area contributed by atoms with Crippen LogP contribution in [-0.2, 0) is 10.0 Å². The monoisotopic (exact) mass is 229 g/mol. The second-order valence-corrected chi connectivity index (χ2v) is 5.03.